The molecule has 1 atom stereocenters. The normalized spacial score (nSPS) is 13.1. The summed E-state index contributed by atoms with van der Waals surface area (Å²) in [6, 6.07) is 18.6. The van der Waals surface area contributed by atoms with Gasteiger partial charge < -0.3 is 10.1 Å². The first-order valence-corrected chi connectivity index (χ1v) is 9.23. The smallest absolute Gasteiger partial charge is 0.164 e. The lowest BCUT2D eigenvalue weighted by atomic mass is 9.83. The number of aryl methyl sites for hydroxylation is 2. The molecule has 3 rings (SSSR count). The van der Waals surface area contributed by atoms with Crippen molar-refractivity contribution in [3.8, 4) is 0 Å². The predicted molar refractivity (Wildman–Crippen MR) is 106 cm³/mol. The van der Waals surface area contributed by atoms with Crippen LogP contribution in [0.3, 0.4) is 0 Å². The summed E-state index contributed by atoms with van der Waals surface area (Å²) < 4.78 is 0. The van der Waals surface area contributed by atoms with Crippen molar-refractivity contribution in [3.63, 3.8) is 0 Å². The van der Waals surface area contributed by atoms with Gasteiger partial charge in [-0.05, 0) is 56.7 Å². The van der Waals surface area contributed by atoms with E-state index in [2.05, 4.69) is 36.2 Å². The number of ketones is 1. The number of Topliss-reactive ketones (excluding diaryl/α,β-unsaturated/α-hetero) is 1. The Kier molecular flexibility index (Phi) is 5.28. The van der Waals surface area contributed by atoms with Gasteiger partial charge in [0.25, 0.3) is 0 Å². The number of para-hydroxylation sites is 1. The predicted octanol–water partition coefficient (Wildman–Crippen LogP) is 4.92. The Bertz CT molecular complexity index is 887. The minimum absolute atomic E-state index is 0.0743. The third-order valence-corrected chi connectivity index (χ3v) is 5.09. The molecule has 3 nitrogen and oxygen atoms in total. The Morgan fingerprint density at radius 2 is 1.73 bits per heavy atom. The number of nitrogens with one attached hydrogen (secondary N) is 1. The molecular weight excluding hydrogens is 322 g/mol. The second kappa shape index (κ2) is 7.46. The third-order valence-electron chi connectivity index (χ3n) is 5.09. The van der Waals surface area contributed by atoms with Gasteiger partial charge >= 0.3 is 0 Å². The van der Waals surface area contributed by atoms with Crippen molar-refractivity contribution < 1.29 is 9.90 Å². The van der Waals surface area contributed by atoms with Crippen molar-refractivity contribution >= 4 is 16.7 Å². The van der Waals surface area contributed by atoms with Gasteiger partial charge in [0, 0.05) is 23.0 Å². The van der Waals surface area contributed by atoms with Crippen LogP contribution < -0.4 is 0 Å². The Morgan fingerprint density at radius 1 is 1.08 bits per heavy atom. The molecule has 1 aromatic heterocycles. The van der Waals surface area contributed by atoms with E-state index >= 15 is 0 Å². The van der Waals surface area contributed by atoms with E-state index in [1.54, 1.807) is 13.8 Å². The zero-order chi connectivity index (χ0) is 18.7. The van der Waals surface area contributed by atoms with Gasteiger partial charge in [-0.25, -0.2) is 0 Å². The van der Waals surface area contributed by atoms with Gasteiger partial charge in [-0.2, -0.15) is 0 Å². The number of aromatic nitrogens is 1. The van der Waals surface area contributed by atoms with Crippen molar-refractivity contribution in [3.05, 3.63) is 71.4 Å². The zero-order valence-electron chi connectivity index (χ0n) is 15.8. The molecule has 1 heterocycles. The van der Waals surface area contributed by atoms with Gasteiger partial charge in [0.15, 0.2) is 5.78 Å². The SMILES string of the molecule is Cc1[nH]c2ccccc2c1[C@@H](CCc1ccccc1)CC(=O)C(C)(C)O. The first-order valence-electron chi connectivity index (χ1n) is 9.23. The summed E-state index contributed by atoms with van der Waals surface area (Å²) in [5.74, 6) is -0.0366. The molecule has 2 aromatic carbocycles. The Morgan fingerprint density at radius 3 is 2.42 bits per heavy atom. The molecule has 0 aliphatic rings. The van der Waals surface area contributed by atoms with Crippen LogP contribution in [0.5, 0.6) is 0 Å². The number of carbonyl (C=O) groups is 1. The molecule has 0 fully saturated rings. The van der Waals surface area contributed by atoms with E-state index in [0.29, 0.717) is 6.42 Å². The number of benzene rings is 2. The summed E-state index contributed by atoms with van der Waals surface area (Å²) in [4.78, 5) is 16.0. The Labute approximate surface area is 155 Å². The summed E-state index contributed by atoms with van der Waals surface area (Å²) >= 11 is 0. The van der Waals surface area contributed by atoms with Crippen molar-refractivity contribution in [2.45, 2.75) is 51.6 Å². The third kappa shape index (κ3) is 4.05. The molecule has 0 bridgehead atoms. The molecule has 0 aliphatic carbocycles. The summed E-state index contributed by atoms with van der Waals surface area (Å²) in [5, 5.41) is 11.3. The highest BCUT2D eigenvalue weighted by atomic mass is 16.3. The van der Waals surface area contributed by atoms with Crippen LogP contribution in [0.2, 0.25) is 0 Å². The van der Waals surface area contributed by atoms with Gasteiger partial charge in [-0.15, -0.1) is 0 Å². The zero-order valence-corrected chi connectivity index (χ0v) is 15.8. The number of hydrogen-bond acceptors (Lipinski definition) is 2. The first kappa shape index (κ1) is 18.4. The fourth-order valence-electron chi connectivity index (χ4n) is 3.63. The first-order chi connectivity index (χ1) is 12.4. The second-order valence-corrected chi connectivity index (χ2v) is 7.62. The van der Waals surface area contributed by atoms with Crippen molar-refractivity contribution in [2.24, 2.45) is 0 Å². The molecule has 3 aromatic rings. The number of H-pyrrole nitrogens is 1. The lowest BCUT2D eigenvalue weighted by Crippen LogP contribution is -2.32. The number of aromatic amines is 1. The molecule has 0 spiro atoms. The average Bonchev–Trinajstić information content (AvgIpc) is 2.94. The second-order valence-electron chi connectivity index (χ2n) is 7.62. The summed E-state index contributed by atoms with van der Waals surface area (Å²) in [5.41, 5.74) is 3.37. The van der Waals surface area contributed by atoms with E-state index in [1.165, 1.54) is 16.5 Å². The van der Waals surface area contributed by atoms with Crippen molar-refractivity contribution in [2.75, 3.05) is 0 Å². The van der Waals surface area contributed by atoms with Gasteiger partial charge in [-0.3, -0.25) is 4.79 Å². The number of aliphatic hydroxyl groups is 1. The highest BCUT2D eigenvalue weighted by Gasteiger charge is 2.29. The summed E-state index contributed by atoms with van der Waals surface area (Å²) in [6.07, 6.45) is 2.12. The lowest BCUT2D eigenvalue weighted by Gasteiger charge is -2.22. The Hall–Kier alpha value is -2.39. The molecular formula is C23H27NO2. The quantitative estimate of drug-likeness (QED) is 0.636. The molecule has 2 N–H and O–H groups in total. The largest absolute Gasteiger partial charge is 0.383 e. The van der Waals surface area contributed by atoms with Gasteiger partial charge in [0.2, 0.25) is 0 Å². The van der Waals surface area contributed by atoms with E-state index in [4.69, 9.17) is 0 Å². The molecule has 0 aliphatic heterocycles. The number of hydrogen-bond donors (Lipinski definition) is 2. The summed E-state index contributed by atoms with van der Waals surface area (Å²) in [7, 11) is 0. The molecule has 26 heavy (non-hydrogen) atoms. The van der Waals surface area contributed by atoms with Crippen LogP contribution in [-0.4, -0.2) is 21.5 Å². The van der Waals surface area contributed by atoms with Gasteiger partial charge in [-0.1, -0.05) is 48.5 Å². The van der Waals surface area contributed by atoms with E-state index in [-0.39, 0.29) is 11.7 Å². The topological polar surface area (TPSA) is 53.1 Å². The van der Waals surface area contributed by atoms with Crippen LogP contribution in [0.4, 0.5) is 0 Å². The van der Waals surface area contributed by atoms with Crippen molar-refractivity contribution in [1.29, 1.82) is 0 Å². The van der Waals surface area contributed by atoms with Crippen LogP contribution in [0, 0.1) is 6.92 Å². The van der Waals surface area contributed by atoms with Crippen LogP contribution in [0.1, 0.15) is 49.4 Å². The van der Waals surface area contributed by atoms with Gasteiger partial charge in [0.1, 0.15) is 5.60 Å². The minimum Gasteiger partial charge on any atom is -0.383 e. The highest BCUT2D eigenvalue weighted by Crippen LogP contribution is 2.35. The maximum absolute atomic E-state index is 12.6. The molecule has 0 saturated heterocycles. The molecule has 0 radical (unpaired) electrons. The van der Waals surface area contributed by atoms with E-state index < -0.39 is 5.60 Å². The molecule has 136 valence electrons. The average molecular weight is 349 g/mol. The molecule has 0 amide bonds. The number of fused-ring (bicyclic) bond motifs is 1. The molecule has 3 heteroatoms. The lowest BCUT2D eigenvalue weighted by molar-refractivity contribution is -0.134. The van der Waals surface area contributed by atoms with Crippen LogP contribution in [0.15, 0.2) is 54.6 Å². The maximum Gasteiger partial charge on any atom is 0.164 e. The standard InChI is InChI=1S/C23H27NO2/c1-16-22(19-11-7-8-12-20(19)24-16)18(15-21(25)23(2,3)26)14-13-17-9-5-4-6-10-17/h4-12,18,24,26H,13-15H2,1-3H3/t18-/m0/s1. The Balaban J connectivity index is 1.93. The van der Waals surface area contributed by atoms with E-state index in [1.807, 2.05) is 30.3 Å². The number of rotatable bonds is 7. The van der Waals surface area contributed by atoms with E-state index in [9.17, 15) is 9.90 Å². The minimum atomic E-state index is -1.30. The van der Waals surface area contributed by atoms with Crippen LogP contribution >= 0.6 is 0 Å². The van der Waals surface area contributed by atoms with Gasteiger partial charge in [0.05, 0.1) is 0 Å². The summed E-state index contributed by atoms with van der Waals surface area (Å²) in [6.45, 7) is 5.22. The van der Waals surface area contributed by atoms with E-state index in [0.717, 1.165) is 24.1 Å². The molecule has 0 saturated carbocycles. The highest BCUT2D eigenvalue weighted by molar-refractivity contribution is 5.89. The molecule has 0 unspecified atom stereocenters. The maximum atomic E-state index is 12.6. The van der Waals surface area contributed by atoms with Crippen LogP contribution in [-0.2, 0) is 11.2 Å². The van der Waals surface area contributed by atoms with Crippen molar-refractivity contribution in [1.82, 2.24) is 4.98 Å². The fourth-order valence-corrected chi connectivity index (χ4v) is 3.63. The fraction of sp³-hybridized carbons (Fsp3) is 0.348. The number of carbonyl (C=O) groups excluding carboxylic acids is 1. The van der Waals surface area contributed by atoms with Crippen LogP contribution in [0.25, 0.3) is 10.9 Å². The monoisotopic (exact) mass is 349 g/mol.